The predicted molar refractivity (Wildman–Crippen MR) is 105 cm³/mol. The predicted octanol–water partition coefficient (Wildman–Crippen LogP) is 1.90. The summed E-state index contributed by atoms with van der Waals surface area (Å²) in [4.78, 5) is 39.5. The van der Waals surface area contributed by atoms with Crippen molar-refractivity contribution < 1.29 is 37.1 Å². The largest absolute Gasteiger partial charge is 0.491 e. The number of hydrogen-bond acceptors (Lipinski definition) is 7. The first-order valence-electron chi connectivity index (χ1n) is 9.39. The Labute approximate surface area is 177 Å². The number of nitrogens with two attached hydrogens (primary N) is 1. The minimum atomic E-state index is -5.32. The van der Waals surface area contributed by atoms with Gasteiger partial charge in [0, 0.05) is 19.0 Å². The highest BCUT2D eigenvalue weighted by Crippen LogP contribution is 2.20. The zero-order chi connectivity index (χ0) is 23.7. The third kappa shape index (κ3) is 10.1. The second-order valence-corrected chi connectivity index (χ2v) is 7.15. The molecule has 0 bridgehead atoms. The summed E-state index contributed by atoms with van der Waals surface area (Å²) in [5.41, 5.74) is 5.99. The van der Waals surface area contributed by atoms with Crippen LogP contribution in [0.25, 0.3) is 0 Å². The number of rotatable bonds is 10. The highest BCUT2D eigenvalue weighted by molar-refractivity contribution is 5.87. The lowest BCUT2D eigenvalue weighted by atomic mass is 10.1. The molecule has 0 radical (unpaired) electrons. The first kappa shape index (κ1) is 26.1. The van der Waals surface area contributed by atoms with E-state index in [1.165, 1.54) is 12.2 Å². The van der Waals surface area contributed by atoms with Gasteiger partial charge in [-0.2, -0.15) is 13.2 Å². The summed E-state index contributed by atoms with van der Waals surface area (Å²) < 4.78 is 41.0. The topological polar surface area (TPSA) is 120 Å². The van der Waals surface area contributed by atoms with Gasteiger partial charge in [-0.05, 0) is 32.3 Å². The molecule has 31 heavy (non-hydrogen) atoms. The van der Waals surface area contributed by atoms with Gasteiger partial charge in [0.1, 0.15) is 0 Å². The maximum Gasteiger partial charge on any atom is 0.491 e. The van der Waals surface area contributed by atoms with Crippen molar-refractivity contribution >= 4 is 17.8 Å². The van der Waals surface area contributed by atoms with Gasteiger partial charge in [0.25, 0.3) is 5.72 Å². The van der Waals surface area contributed by atoms with Crippen LogP contribution in [0.5, 0.6) is 0 Å². The number of hydrogen-bond donors (Lipinski definition) is 3. The van der Waals surface area contributed by atoms with Gasteiger partial charge < -0.3 is 14.9 Å². The summed E-state index contributed by atoms with van der Waals surface area (Å²) in [5.74, 6) is -4.45. The number of aryl methyl sites for hydroxylation is 1. The van der Waals surface area contributed by atoms with Crippen molar-refractivity contribution in [2.45, 2.75) is 57.6 Å². The molecule has 0 unspecified atom stereocenters. The number of ether oxygens (including phenoxy) is 1. The molecule has 0 aromatic heterocycles. The molecule has 0 aliphatic carbocycles. The first-order chi connectivity index (χ1) is 14.3. The molecule has 4 N–H and O–H groups in total. The van der Waals surface area contributed by atoms with Crippen molar-refractivity contribution in [1.82, 2.24) is 10.8 Å². The number of carbonyl (C=O) groups is 3. The highest BCUT2D eigenvalue weighted by Gasteiger charge is 2.47. The summed E-state index contributed by atoms with van der Waals surface area (Å²) in [6.45, 7) is 4.32. The zero-order valence-electron chi connectivity index (χ0n) is 17.4. The summed E-state index contributed by atoms with van der Waals surface area (Å²) in [6, 6.07) is 8.53. The fourth-order valence-corrected chi connectivity index (χ4v) is 2.22. The van der Waals surface area contributed by atoms with Crippen molar-refractivity contribution in [2.75, 3.05) is 0 Å². The maximum absolute atomic E-state index is 12.3. The van der Waals surface area contributed by atoms with Crippen molar-refractivity contribution in [3.05, 3.63) is 48.0 Å². The van der Waals surface area contributed by atoms with E-state index in [1.54, 1.807) is 13.8 Å². The molecule has 0 aliphatic heterocycles. The minimum absolute atomic E-state index is 0.0908. The van der Waals surface area contributed by atoms with Gasteiger partial charge in [-0.3, -0.25) is 10.5 Å². The molecule has 2 atom stereocenters. The van der Waals surface area contributed by atoms with E-state index < -0.39 is 29.9 Å². The van der Waals surface area contributed by atoms with Crippen molar-refractivity contribution in [1.29, 1.82) is 0 Å². The Morgan fingerprint density at radius 3 is 2.29 bits per heavy atom. The van der Waals surface area contributed by atoms with Crippen LogP contribution in [0.3, 0.4) is 0 Å². The van der Waals surface area contributed by atoms with Crippen LogP contribution in [0.2, 0.25) is 0 Å². The number of hydroxylamine groups is 1. The molecule has 0 heterocycles. The van der Waals surface area contributed by atoms with Gasteiger partial charge in [-0.25, -0.2) is 9.59 Å². The number of alkyl halides is 3. The van der Waals surface area contributed by atoms with Crippen molar-refractivity contribution in [2.24, 2.45) is 5.73 Å². The average molecular weight is 445 g/mol. The molecule has 11 heteroatoms. The normalized spacial score (nSPS) is 14.7. The van der Waals surface area contributed by atoms with Crippen LogP contribution in [0.15, 0.2) is 42.5 Å². The van der Waals surface area contributed by atoms with Gasteiger partial charge in [0.15, 0.2) is 0 Å². The zero-order valence-corrected chi connectivity index (χ0v) is 17.4. The van der Waals surface area contributed by atoms with Crippen LogP contribution in [0.4, 0.5) is 13.2 Å². The standard InChI is InChI=1S/C20H26F3N3O5/c1-13(2)25-16(27)12-11-15(10-9-14-7-5-4-6-8-14)26-31-17(28)19(3,24)30-18(29)20(21,22)23/h4-8,11-13,15,26H,9-10,24H2,1-3H3,(H,25,27)/b12-11+/t15-,19-/m0/s1. The van der Waals surface area contributed by atoms with Crippen LogP contribution in [0.1, 0.15) is 32.8 Å². The molecule has 1 aromatic carbocycles. The lowest BCUT2D eigenvalue weighted by molar-refractivity contribution is -0.219. The monoisotopic (exact) mass is 445 g/mol. The molecule has 1 amide bonds. The smallest absolute Gasteiger partial charge is 0.426 e. The Morgan fingerprint density at radius 1 is 1.13 bits per heavy atom. The van der Waals surface area contributed by atoms with E-state index in [-0.39, 0.29) is 11.9 Å². The van der Waals surface area contributed by atoms with E-state index in [0.29, 0.717) is 12.8 Å². The lowest BCUT2D eigenvalue weighted by Gasteiger charge is -2.24. The van der Waals surface area contributed by atoms with E-state index in [1.807, 2.05) is 30.3 Å². The van der Waals surface area contributed by atoms with E-state index in [4.69, 9.17) is 10.6 Å². The Hall–Kier alpha value is -2.92. The van der Waals surface area contributed by atoms with Crippen LogP contribution >= 0.6 is 0 Å². The number of amides is 1. The van der Waals surface area contributed by atoms with E-state index in [9.17, 15) is 27.6 Å². The number of benzene rings is 1. The SMILES string of the molecule is CC(C)NC(=O)/C=C/[C@H](CCc1ccccc1)NOC(=O)[C@@](C)(N)OC(=O)C(F)(F)F. The molecule has 0 saturated heterocycles. The number of nitrogens with one attached hydrogen (secondary N) is 2. The highest BCUT2D eigenvalue weighted by atomic mass is 19.4. The third-order valence-electron chi connectivity index (χ3n) is 3.74. The Kier molecular flexibility index (Phi) is 9.66. The second-order valence-electron chi connectivity index (χ2n) is 7.15. The Bertz CT molecular complexity index is 780. The molecule has 8 nitrogen and oxygen atoms in total. The molecule has 0 spiro atoms. The maximum atomic E-state index is 12.3. The fraction of sp³-hybridized carbons (Fsp3) is 0.450. The fourth-order valence-electron chi connectivity index (χ4n) is 2.22. The molecule has 0 aliphatic rings. The molecular formula is C20H26F3N3O5. The van der Waals surface area contributed by atoms with E-state index in [2.05, 4.69) is 15.5 Å². The van der Waals surface area contributed by atoms with Gasteiger partial charge in [-0.1, -0.05) is 36.4 Å². The first-order valence-corrected chi connectivity index (χ1v) is 9.39. The van der Waals surface area contributed by atoms with Crippen molar-refractivity contribution in [3.8, 4) is 0 Å². The molecule has 0 fully saturated rings. The van der Waals surface area contributed by atoms with Crippen LogP contribution in [-0.4, -0.2) is 41.8 Å². The van der Waals surface area contributed by atoms with Crippen LogP contribution in [-0.2, 0) is 30.4 Å². The Balaban J connectivity index is 2.78. The number of carbonyl (C=O) groups excluding carboxylic acids is 3. The molecule has 172 valence electrons. The van der Waals surface area contributed by atoms with Crippen molar-refractivity contribution in [3.63, 3.8) is 0 Å². The molecule has 0 saturated carbocycles. The van der Waals surface area contributed by atoms with Crippen LogP contribution < -0.4 is 16.5 Å². The second kappa shape index (κ2) is 11.5. The Morgan fingerprint density at radius 2 is 1.74 bits per heavy atom. The summed E-state index contributed by atoms with van der Waals surface area (Å²) in [5, 5.41) is 2.65. The average Bonchev–Trinajstić information content (AvgIpc) is 2.66. The van der Waals surface area contributed by atoms with E-state index >= 15 is 0 Å². The minimum Gasteiger partial charge on any atom is -0.426 e. The van der Waals surface area contributed by atoms with E-state index in [0.717, 1.165) is 12.5 Å². The van der Waals surface area contributed by atoms with Gasteiger partial charge in [-0.15, -0.1) is 5.48 Å². The van der Waals surface area contributed by atoms with Gasteiger partial charge in [0.05, 0.1) is 6.04 Å². The summed E-state index contributed by atoms with van der Waals surface area (Å²) in [7, 11) is 0. The quantitative estimate of drug-likeness (QED) is 0.218. The molecule has 1 aromatic rings. The lowest BCUT2D eigenvalue weighted by Crippen LogP contribution is -2.53. The van der Waals surface area contributed by atoms with Crippen LogP contribution in [0, 0.1) is 0 Å². The molecular weight excluding hydrogens is 419 g/mol. The number of halogens is 3. The summed E-state index contributed by atoms with van der Waals surface area (Å²) in [6.07, 6.45) is -1.74. The summed E-state index contributed by atoms with van der Waals surface area (Å²) >= 11 is 0. The van der Waals surface area contributed by atoms with Gasteiger partial charge in [0.2, 0.25) is 5.91 Å². The third-order valence-corrected chi connectivity index (χ3v) is 3.74. The molecule has 1 rings (SSSR count). The number of esters is 1. The van der Waals surface area contributed by atoms with Gasteiger partial charge >= 0.3 is 18.1 Å².